The van der Waals surface area contributed by atoms with Crippen molar-refractivity contribution in [1.82, 2.24) is 4.90 Å². The Kier molecular flexibility index (Phi) is 4.99. The van der Waals surface area contributed by atoms with Crippen LogP contribution >= 0.6 is 34.8 Å². The quantitative estimate of drug-likeness (QED) is 0.767. The molecule has 4 nitrogen and oxygen atoms in total. The molecule has 0 unspecified atom stereocenters. The topological polar surface area (TPSA) is 49.4 Å². The second-order valence-corrected chi connectivity index (χ2v) is 6.49. The summed E-state index contributed by atoms with van der Waals surface area (Å²) in [4.78, 5) is 25.8. The lowest BCUT2D eigenvalue weighted by molar-refractivity contribution is -0.138. The minimum atomic E-state index is -0.614. The summed E-state index contributed by atoms with van der Waals surface area (Å²) in [6.45, 7) is 0.0560. The zero-order valence-electron chi connectivity index (χ0n) is 12.5. The van der Waals surface area contributed by atoms with Crippen molar-refractivity contribution in [1.29, 1.82) is 0 Å². The van der Waals surface area contributed by atoms with Gasteiger partial charge in [0.25, 0.3) is 11.8 Å². The second-order valence-electron chi connectivity index (χ2n) is 5.27. The average molecular weight is 400 g/mol. The van der Waals surface area contributed by atoms with Crippen molar-refractivity contribution in [3.63, 3.8) is 0 Å². The van der Waals surface area contributed by atoms with Crippen molar-refractivity contribution in [3.05, 3.63) is 74.6 Å². The molecule has 0 radical (unpaired) electrons. The Bertz CT molecular complexity index is 897. The SMILES string of the molecule is O=C1C(Cl)=C(Nc2ccc(F)c(Cl)c2)C(=O)N1Cc1ccc(Cl)cc1. The van der Waals surface area contributed by atoms with E-state index in [0.717, 1.165) is 16.5 Å². The predicted molar refractivity (Wildman–Crippen MR) is 94.9 cm³/mol. The van der Waals surface area contributed by atoms with Gasteiger partial charge in [0.2, 0.25) is 0 Å². The van der Waals surface area contributed by atoms with Crippen molar-refractivity contribution in [2.24, 2.45) is 0 Å². The van der Waals surface area contributed by atoms with E-state index in [1.165, 1.54) is 12.1 Å². The van der Waals surface area contributed by atoms with Gasteiger partial charge in [-0.2, -0.15) is 0 Å². The van der Waals surface area contributed by atoms with Crippen molar-refractivity contribution >= 4 is 52.3 Å². The molecule has 0 atom stereocenters. The highest BCUT2D eigenvalue weighted by Gasteiger charge is 2.37. The van der Waals surface area contributed by atoms with E-state index in [-0.39, 0.29) is 22.3 Å². The third kappa shape index (κ3) is 3.63. The van der Waals surface area contributed by atoms with E-state index in [4.69, 9.17) is 34.8 Å². The van der Waals surface area contributed by atoms with E-state index in [1.54, 1.807) is 24.3 Å². The Morgan fingerprint density at radius 1 is 0.960 bits per heavy atom. The third-order valence-electron chi connectivity index (χ3n) is 3.55. The van der Waals surface area contributed by atoms with Crippen LogP contribution in [-0.2, 0) is 16.1 Å². The number of carbonyl (C=O) groups excluding carboxylic acids is 2. The molecule has 0 saturated heterocycles. The highest BCUT2D eigenvalue weighted by molar-refractivity contribution is 6.48. The molecule has 25 heavy (non-hydrogen) atoms. The third-order valence-corrected chi connectivity index (χ3v) is 4.45. The van der Waals surface area contributed by atoms with Crippen molar-refractivity contribution in [2.75, 3.05) is 5.32 Å². The molecule has 1 N–H and O–H groups in total. The maximum atomic E-state index is 13.2. The van der Waals surface area contributed by atoms with Crippen LogP contribution in [0.5, 0.6) is 0 Å². The minimum absolute atomic E-state index is 0.0560. The van der Waals surface area contributed by atoms with Gasteiger partial charge in [0.1, 0.15) is 16.5 Å². The van der Waals surface area contributed by atoms with Crippen molar-refractivity contribution in [2.45, 2.75) is 6.54 Å². The summed E-state index contributed by atoms with van der Waals surface area (Å²) < 4.78 is 13.2. The zero-order chi connectivity index (χ0) is 18.1. The molecule has 0 saturated carbocycles. The number of imide groups is 1. The van der Waals surface area contributed by atoms with Gasteiger partial charge in [0, 0.05) is 10.7 Å². The number of nitrogens with zero attached hydrogens (tertiary/aromatic N) is 1. The molecule has 1 aliphatic rings. The molecule has 2 aromatic rings. The number of halogens is 4. The van der Waals surface area contributed by atoms with Gasteiger partial charge in [-0.15, -0.1) is 0 Å². The van der Waals surface area contributed by atoms with Gasteiger partial charge in [-0.05, 0) is 35.9 Å². The highest BCUT2D eigenvalue weighted by Crippen LogP contribution is 2.28. The van der Waals surface area contributed by atoms with Gasteiger partial charge in [-0.25, -0.2) is 4.39 Å². The molecule has 0 bridgehead atoms. The first kappa shape index (κ1) is 17.7. The number of benzene rings is 2. The summed E-state index contributed by atoms with van der Waals surface area (Å²) in [6, 6.07) is 10.6. The van der Waals surface area contributed by atoms with Crippen LogP contribution in [0.2, 0.25) is 10.0 Å². The van der Waals surface area contributed by atoms with Crippen LogP contribution in [0, 0.1) is 5.82 Å². The molecule has 0 spiro atoms. The van der Waals surface area contributed by atoms with Crippen LogP contribution in [0.3, 0.4) is 0 Å². The molecule has 3 rings (SSSR count). The molecule has 0 fully saturated rings. The van der Waals surface area contributed by atoms with Crippen LogP contribution < -0.4 is 5.32 Å². The van der Waals surface area contributed by atoms with Gasteiger partial charge >= 0.3 is 0 Å². The fourth-order valence-corrected chi connectivity index (χ4v) is 2.83. The summed E-state index contributed by atoms with van der Waals surface area (Å²) in [7, 11) is 0. The maximum Gasteiger partial charge on any atom is 0.279 e. The summed E-state index contributed by atoms with van der Waals surface area (Å²) in [5, 5.41) is 2.93. The Labute approximate surface area is 157 Å². The Morgan fingerprint density at radius 2 is 1.64 bits per heavy atom. The summed E-state index contributed by atoms with van der Waals surface area (Å²) >= 11 is 17.5. The van der Waals surface area contributed by atoms with Gasteiger partial charge < -0.3 is 5.32 Å². The smallest absolute Gasteiger partial charge is 0.279 e. The van der Waals surface area contributed by atoms with Crippen LogP contribution in [0.1, 0.15) is 5.56 Å². The number of hydrogen-bond donors (Lipinski definition) is 1. The van der Waals surface area contributed by atoms with E-state index in [9.17, 15) is 14.0 Å². The van der Waals surface area contributed by atoms with Crippen LogP contribution in [0.15, 0.2) is 53.2 Å². The predicted octanol–water partition coefficient (Wildman–Crippen LogP) is 4.56. The normalized spacial score (nSPS) is 14.5. The molecule has 8 heteroatoms. The molecule has 2 amide bonds. The summed E-state index contributed by atoms with van der Waals surface area (Å²) in [5.74, 6) is -1.78. The van der Waals surface area contributed by atoms with E-state index >= 15 is 0 Å². The molecule has 128 valence electrons. The van der Waals surface area contributed by atoms with Crippen molar-refractivity contribution in [3.8, 4) is 0 Å². The molecular weight excluding hydrogens is 390 g/mol. The maximum absolute atomic E-state index is 13.2. The monoisotopic (exact) mass is 398 g/mol. The van der Waals surface area contributed by atoms with Crippen molar-refractivity contribution < 1.29 is 14.0 Å². The fourth-order valence-electron chi connectivity index (χ4n) is 2.29. The van der Waals surface area contributed by atoms with E-state index in [2.05, 4.69) is 5.32 Å². The first-order valence-electron chi connectivity index (χ1n) is 7.09. The van der Waals surface area contributed by atoms with Gasteiger partial charge in [0.05, 0.1) is 11.6 Å². The number of hydrogen-bond acceptors (Lipinski definition) is 3. The lowest BCUT2D eigenvalue weighted by atomic mass is 10.2. The lowest BCUT2D eigenvalue weighted by Gasteiger charge is -2.15. The zero-order valence-corrected chi connectivity index (χ0v) is 14.8. The first-order valence-corrected chi connectivity index (χ1v) is 8.22. The number of rotatable bonds is 4. The molecule has 2 aromatic carbocycles. The highest BCUT2D eigenvalue weighted by atomic mass is 35.5. The number of nitrogens with one attached hydrogen (secondary N) is 1. The Hall–Kier alpha value is -2.08. The molecular formula is C17H10Cl3FN2O2. The second kappa shape index (κ2) is 7.04. The number of amides is 2. The molecule has 1 aliphatic heterocycles. The minimum Gasteiger partial charge on any atom is -0.350 e. The Morgan fingerprint density at radius 3 is 2.28 bits per heavy atom. The summed E-state index contributed by atoms with van der Waals surface area (Å²) in [5.41, 5.74) is 0.985. The van der Waals surface area contributed by atoms with Gasteiger partial charge in [-0.3, -0.25) is 14.5 Å². The number of carbonyl (C=O) groups is 2. The van der Waals surface area contributed by atoms with Gasteiger partial charge in [0.15, 0.2) is 0 Å². The van der Waals surface area contributed by atoms with Crippen LogP contribution in [0.4, 0.5) is 10.1 Å². The fraction of sp³-hybridized carbons (Fsp3) is 0.0588. The molecule has 0 aliphatic carbocycles. The van der Waals surface area contributed by atoms with Gasteiger partial charge in [-0.1, -0.05) is 46.9 Å². The average Bonchev–Trinajstić information content (AvgIpc) is 2.78. The van der Waals surface area contributed by atoms with E-state index < -0.39 is 17.6 Å². The lowest BCUT2D eigenvalue weighted by Crippen LogP contribution is -2.31. The molecule has 1 heterocycles. The standard InChI is InChI=1S/C17H10Cl3FN2O2/c18-10-3-1-9(2-4-10)8-23-16(24)14(20)15(17(23)25)22-11-5-6-13(21)12(19)7-11/h1-7,22H,8H2. The number of anilines is 1. The van der Waals surface area contributed by atoms with E-state index in [1.807, 2.05) is 0 Å². The summed E-state index contributed by atoms with van der Waals surface area (Å²) in [6.07, 6.45) is 0. The van der Waals surface area contributed by atoms with Crippen LogP contribution in [0.25, 0.3) is 0 Å². The molecule has 0 aromatic heterocycles. The van der Waals surface area contributed by atoms with E-state index in [0.29, 0.717) is 10.7 Å². The Balaban J connectivity index is 1.81. The first-order chi connectivity index (χ1) is 11.9. The van der Waals surface area contributed by atoms with Crippen LogP contribution in [-0.4, -0.2) is 16.7 Å². The largest absolute Gasteiger partial charge is 0.350 e.